The van der Waals surface area contributed by atoms with Crippen LogP contribution in [0.25, 0.3) is 10.1 Å². The summed E-state index contributed by atoms with van der Waals surface area (Å²) in [6, 6.07) is 10.7. The summed E-state index contributed by atoms with van der Waals surface area (Å²) < 4.78 is 30.7. The third kappa shape index (κ3) is 2.58. The van der Waals surface area contributed by atoms with Crippen LogP contribution in [0.15, 0.2) is 36.4 Å². The maximum Gasteiger partial charge on any atom is 0.132 e. The molecule has 1 nitrogen and oxygen atoms in total. The van der Waals surface area contributed by atoms with Crippen molar-refractivity contribution < 1.29 is 8.78 Å². The van der Waals surface area contributed by atoms with Crippen molar-refractivity contribution in [2.24, 2.45) is 0 Å². The zero-order valence-electron chi connectivity index (χ0n) is 12.4. The van der Waals surface area contributed by atoms with Gasteiger partial charge in [-0.3, -0.25) is 0 Å². The number of hydrogen-bond acceptors (Lipinski definition) is 2. The molecule has 2 aromatic carbocycles. The first-order valence-corrected chi connectivity index (χ1v) is 9.35. The van der Waals surface area contributed by atoms with E-state index in [4.69, 9.17) is 0 Å². The van der Waals surface area contributed by atoms with Crippen LogP contribution in [-0.2, 0) is 6.42 Å². The second-order valence-corrected chi connectivity index (χ2v) is 8.26. The second kappa shape index (κ2) is 5.79. The maximum absolute atomic E-state index is 14.5. The van der Waals surface area contributed by atoms with E-state index in [2.05, 4.69) is 24.4 Å². The van der Waals surface area contributed by atoms with Crippen molar-refractivity contribution in [1.29, 1.82) is 0 Å². The van der Waals surface area contributed by atoms with E-state index in [1.807, 2.05) is 34.7 Å². The lowest BCUT2D eigenvalue weighted by atomic mass is 9.91. The summed E-state index contributed by atoms with van der Waals surface area (Å²) in [4.78, 5) is 1.03. The molecule has 1 aliphatic heterocycles. The van der Waals surface area contributed by atoms with Gasteiger partial charge in [-0.1, -0.05) is 18.2 Å². The first-order valence-electron chi connectivity index (χ1n) is 7.45. The van der Waals surface area contributed by atoms with Crippen LogP contribution in [0.4, 0.5) is 8.78 Å². The molecule has 2 atom stereocenters. The standard InChI is InChI=1S/C18H14F2INS/c1-9-6-12-11-4-2-3-5-15(11)23-18(12)17(22-9)16-13(19)7-10(21)8-14(16)20/h2-5,7-9,17,22H,6H2,1H3. The van der Waals surface area contributed by atoms with E-state index in [1.165, 1.54) is 27.8 Å². The number of rotatable bonds is 1. The van der Waals surface area contributed by atoms with Crippen LogP contribution in [-0.4, -0.2) is 6.04 Å². The Balaban J connectivity index is 1.95. The average molecular weight is 441 g/mol. The highest BCUT2D eigenvalue weighted by Gasteiger charge is 2.32. The van der Waals surface area contributed by atoms with Gasteiger partial charge in [-0.05, 0) is 65.1 Å². The van der Waals surface area contributed by atoms with Crippen LogP contribution in [0.5, 0.6) is 0 Å². The van der Waals surface area contributed by atoms with Crippen molar-refractivity contribution in [3.63, 3.8) is 0 Å². The van der Waals surface area contributed by atoms with Gasteiger partial charge in [0.15, 0.2) is 0 Å². The van der Waals surface area contributed by atoms with Gasteiger partial charge in [-0.15, -0.1) is 11.3 Å². The largest absolute Gasteiger partial charge is 0.303 e. The molecule has 0 radical (unpaired) electrons. The highest BCUT2D eigenvalue weighted by molar-refractivity contribution is 14.1. The molecule has 0 amide bonds. The molecule has 118 valence electrons. The van der Waals surface area contributed by atoms with Crippen LogP contribution in [0.1, 0.15) is 29.0 Å². The van der Waals surface area contributed by atoms with Gasteiger partial charge in [0.25, 0.3) is 0 Å². The van der Waals surface area contributed by atoms with Crippen LogP contribution in [0.2, 0.25) is 0 Å². The molecule has 23 heavy (non-hydrogen) atoms. The number of nitrogens with one attached hydrogen (secondary N) is 1. The van der Waals surface area contributed by atoms with Crippen LogP contribution in [0, 0.1) is 15.2 Å². The number of halogens is 3. The van der Waals surface area contributed by atoms with Gasteiger partial charge in [0.1, 0.15) is 11.6 Å². The molecule has 0 bridgehead atoms. The summed E-state index contributed by atoms with van der Waals surface area (Å²) >= 11 is 3.56. The van der Waals surface area contributed by atoms with E-state index in [0.29, 0.717) is 3.57 Å². The van der Waals surface area contributed by atoms with Crippen molar-refractivity contribution in [3.05, 3.63) is 67.6 Å². The first kappa shape index (κ1) is 15.5. The predicted molar refractivity (Wildman–Crippen MR) is 99.0 cm³/mol. The van der Waals surface area contributed by atoms with Crippen molar-refractivity contribution in [2.75, 3.05) is 0 Å². The summed E-state index contributed by atoms with van der Waals surface area (Å²) in [6.45, 7) is 2.06. The minimum Gasteiger partial charge on any atom is -0.303 e. The molecule has 0 saturated heterocycles. The Morgan fingerprint density at radius 2 is 1.87 bits per heavy atom. The Kier molecular flexibility index (Phi) is 3.90. The summed E-state index contributed by atoms with van der Waals surface area (Å²) in [5.41, 5.74) is 1.35. The van der Waals surface area contributed by atoms with E-state index >= 15 is 0 Å². The Hall–Kier alpha value is -1.05. The summed E-state index contributed by atoms with van der Waals surface area (Å²) in [5, 5.41) is 4.58. The summed E-state index contributed by atoms with van der Waals surface area (Å²) in [5.74, 6) is -0.964. The molecule has 0 fully saturated rings. The van der Waals surface area contributed by atoms with Gasteiger partial charge >= 0.3 is 0 Å². The second-order valence-electron chi connectivity index (χ2n) is 5.93. The highest BCUT2D eigenvalue weighted by Crippen LogP contribution is 2.42. The molecule has 1 aromatic heterocycles. The minimum absolute atomic E-state index is 0.129. The fraction of sp³-hybridized carbons (Fsp3) is 0.222. The minimum atomic E-state index is -0.482. The molecular formula is C18H14F2INS. The lowest BCUT2D eigenvalue weighted by Gasteiger charge is -2.30. The van der Waals surface area contributed by atoms with Gasteiger partial charge < -0.3 is 5.32 Å². The number of benzene rings is 2. The molecule has 3 aromatic rings. The number of fused-ring (bicyclic) bond motifs is 3. The Morgan fingerprint density at radius 3 is 2.61 bits per heavy atom. The van der Waals surface area contributed by atoms with Crippen molar-refractivity contribution in [2.45, 2.75) is 25.4 Å². The fourth-order valence-electron chi connectivity index (χ4n) is 3.33. The number of hydrogen-bond donors (Lipinski definition) is 1. The predicted octanol–water partition coefficient (Wildman–Crippen LogP) is 5.41. The van der Waals surface area contributed by atoms with E-state index < -0.39 is 17.7 Å². The molecule has 1 aliphatic rings. The van der Waals surface area contributed by atoms with Gasteiger partial charge in [-0.25, -0.2) is 8.78 Å². The van der Waals surface area contributed by atoms with Gasteiger partial charge in [0.2, 0.25) is 0 Å². The van der Waals surface area contributed by atoms with Gasteiger partial charge in [0, 0.05) is 24.8 Å². The van der Waals surface area contributed by atoms with Crippen molar-refractivity contribution in [1.82, 2.24) is 5.32 Å². The van der Waals surface area contributed by atoms with E-state index in [9.17, 15) is 8.78 Å². The Labute approximate surface area is 150 Å². The molecule has 5 heteroatoms. The highest BCUT2D eigenvalue weighted by atomic mass is 127. The van der Waals surface area contributed by atoms with E-state index in [-0.39, 0.29) is 11.6 Å². The summed E-state index contributed by atoms with van der Waals surface area (Å²) in [7, 11) is 0. The van der Waals surface area contributed by atoms with Crippen LogP contribution in [0.3, 0.4) is 0 Å². The zero-order chi connectivity index (χ0) is 16.1. The monoisotopic (exact) mass is 441 g/mol. The molecule has 0 saturated carbocycles. The first-order chi connectivity index (χ1) is 11.0. The summed E-state index contributed by atoms with van der Waals surface area (Å²) in [6.07, 6.45) is 0.878. The Bertz CT molecular complexity index is 882. The Morgan fingerprint density at radius 1 is 1.17 bits per heavy atom. The lowest BCUT2D eigenvalue weighted by Crippen LogP contribution is -2.38. The molecular weight excluding hydrogens is 427 g/mol. The number of thiophene rings is 1. The normalized spacial score (nSPS) is 20.7. The SMILES string of the molecule is CC1Cc2c(sc3ccccc23)C(c2c(F)cc(I)cc2F)N1. The van der Waals surface area contributed by atoms with Gasteiger partial charge in [0.05, 0.1) is 6.04 Å². The third-order valence-corrected chi connectivity index (χ3v) is 6.19. The van der Waals surface area contributed by atoms with E-state index in [0.717, 1.165) is 11.3 Å². The average Bonchev–Trinajstić information content (AvgIpc) is 2.85. The van der Waals surface area contributed by atoms with Crippen LogP contribution >= 0.6 is 33.9 Å². The van der Waals surface area contributed by atoms with Crippen molar-refractivity contribution in [3.8, 4) is 0 Å². The van der Waals surface area contributed by atoms with Crippen molar-refractivity contribution >= 4 is 44.0 Å². The molecule has 2 heterocycles. The third-order valence-electron chi connectivity index (χ3n) is 4.29. The zero-order valence-corrected chi connectivity index (χ0v) is 15.3. The van der Waals surface area contributed by atoms with Crippen LogP contribution < -0.4 is 5.32 Å². The quantitative estimate of drug-likeness (QED) is 0.499. The molecule has 4 rings (SSSR count). The van der Waals surface area contributed by atoms with E-state index in [1.54, 1.807) is 11.3 Å². The maximum atomic E-state index is 14.5. The fourth-order valence-corrected chi connectivity index (χ4v) is 5.18. The topological polar surface area (TPSA) is 12.0 Å². The lowest BCUT2D eigenvalue weighted by molar-refractivity contribution is 0.439. The smallest absolute Gasteiger partial charge is 0.132 e. The molecule has 1 N–H and O–H groups in total. The molecule has 0 aliphatic carbocycles. The molecule has 2 unspecified atom stereocenters. The molecule has 0 spiro atoms. The van der Waals surface area contributed by atoms with Gasteiger partial charge in [-0.2, -0.15) is 0 Å².